The number of hydrogen-bond acceptors (Lipinski definition) is 5. The number of pyridine rings is 1. The number of carbonyl (C=O) groups excluding carboxylic acids is 1. The summed E-state index contributed by atoms with van der Waals surface area (Å²) in [6.45, 7) is 0.417. The average molecular weight is 486 g/mol. The van der Waals surface area contributed by atoms with Crippen molar-refractivity contribution in [3.63, 3.8) is 0 Å². The van der Waals surface area contributed by atoms with E-state index in [-0.39, 0.29) is 24.5 Å². The summed E-state index contributed by atoms with van der Waals surface area (Å²) in [5.74, 6) is 1.23. The van der Waals surface area contributed by atoms with Gasteiger partial charge in [0.05, 0.1) is 25.3 Å². The van der Waals surface area contributed by atoms with Gasteiger partial charge in [0.25, 0.3) is 0 Å². The smallest absolute Gasteiger partial charge is 0.307 e. The van der Waals surface area contributed by atoms with E-state index in [0.29, 0.717) is 11.7 Å². The van der Waals surface area contributed by atoms with Crippen molar-refractivity contribution in [1.29, 1.82) is 0 Å². The van der Waals surface area contributed by atoms with Crippen LogP contribution in [0.15, 0.2) is 69.7 Å². The summed E-state index contributed by atoms with van der Waals surface area (Å²) >= 11 is 9.04. The molecule has 0 amide bonds. The Bertz CT molecular complexity index is 1040. The molecule has 4 rings (SSSR count). The zero-order chi connectivity index (χ0) is 21.1. The predicted molar refractivity (Wildman–Crippen MR) is 121 cm³/mol. The van der Waals surface area contributed by atoms with E-state index in [1.165, 1.54) is 7.11 Å². The Balaban J connectivity index is 1.68. The van der Waals surface area contributed by atoms with E-state index >= 15 is 0 Å². The van der Waals surface area contributed by atoms with Gasteiger partial charge in [-0.15, -0.1) is 0 Å². The van der Waals surface area contributed by atoms with Gasteiger partial charge in [-0.3, -0.25) is 9.78 Å². The number of hydrogen-bond donors (Lipinski definition) is 1. The molecule has 0 bridgehead atoms. The van der Waals surface area contributed by atoms with E-state index in [2.05, 4.69) is 26.2 Å². The Hall–Kier alpha value is -2.71. The summed E-state index contributed by atoms with van der Waals surface area (Å²) in [4.78, 5) is 18.2. The van der Waals surface area contributed by atoms with Crippen molar-refractivity contribution in [2.45, 2.75) is 18.5 Å². The van der Waals surface area contributed by atoms with Gasteiger partial charge < -0.3 is 19.4 Å². The van der Waals surface area contributed by atoms with Gasteiger partial charge in [0.2, 0.25) is 0 Å². The molecule has 0 unspecified atom stereocenters. The molecule has 0 radical (unpaired) electrons. The zero-order valence-electron chi connectivity index (χ0n) is 16.2. The van der Waals surface area contributed by atoms with Crippen molar-refractivity contribution in [2.75, 3.05) is 13.7 Å². The number of furan rings is 1. The van der Waals surface area contributed by atoms with E-state index in [4.69, 9.17) is 21.4 Å². The molecule has 0 aliphatic carbocycles. The molecule has 1 aromatic carbocycles. The summed E-state index contributed by atoms with van der Waals surface area (Å²) in [6.07, 6.45) is 1.98. The first kappa shape index (κ1) is 20.6. The van der Waals surface area contributed by atoms with Gasteiger partial charge in [0.1, 0.15) is 17.6 Å². The summed E-state index contributed by atoms with van der Waals surface area (Å²) in [7, 11) is 1.38. The highest BCUT2D eigenvalue weighted by Gasteiger charge is 2.41. The van der Waals surface area contributed by atoms with Crippen LogP contribution < -0.4 is 5.32 Å². The number of nitrogens with zero attached hydrogens (tertiary/aromatic N) is 2. The molecule has 2 aromatic heterocycles. The predicted octanol–water partition coefficient (Wildman–Crippen LogP) is 4.64. The number of ether oxygens (including phenoxy) is 1. The number of rotatable bonds is 6. The second-order valence-electron chi connectivity index (χ2n) is 6.86. The topological polar surface area (TPSA) is 67.6 Å². The number of esters is 1. The third-order valence-electron chi connectivity index (χ3n) is 5.03. The maximum Gasteiger partial charge on any atom is 0.307 e. The molecule has 3 heterocycles. The molecular weight excluding hydrogens is 466 g/mol. The van der Waals surface area contributed by atoms with Crippen molar-refractivity contribution in [3.8, 4) is 11.3 Å². The molecule has 6 nitrogen and oxygen atoms in total. The number of methoxy groups -OCH3 is 1. The van der Waals surface area contributed by atoms with E-state index in [9.17, 15) is 4.79 Å². The van der Waals surface area contributed by atoms with Crippen LogP contribution in [-0.4, -0.2) is 34.6 Å². The second-order valence-corrected chi connectivity index (χ2v) is 8.16. The highest BCUT2D eigenvalue weighted by atomic mass is 79.9. The van der Waals surface area contributed by atoms with Crippen LogP contribution in [0.1, 0.15) is 30.0 Å². The second kappa shape index (κ2) is 8.97. The fraction of sp³-hybridized carbons (Fsp3) is 0.227. The van der Waals surface area contributed by atoms with E-state index in [0.717, 1.165) is 27.3 Å². The van der Waals surface area contributed by atoms with Gasteiger partial charge in [-0.25, -0.2) is 0 Å². The third kappa shape index (κ3) is 4.24. The van der Waals surface area contributed by atoms with Crippen molar-refractivity contribution in [1.82, 2.24) is 15.2 Å². The van der Waals surface area contributed by atoms with Gasteiger partial charge >= 0.3 is 5.97 Å². The van der Waals surface area contributed by atoms with Crippen LogP contribution in [0, 0.1) is 0 Å². The van der Waals surface area contributed by atoms with Crippen LogP contribution in [0.2, 0.25) is 0 Å². The number of thiocarbonyl (C=S) groups is 1. The molecule has 1 aliphatic rings. The lowest BCUT2D eigenvalue weighted by atomic mass is 10.0. The lowest BCUT2D eigenvalue weighted by molar-refractivity contribution is -0.140. The Morgan fingerprint density at radius 1 is 1.23 bits per heavy atom. The molecule has 1 N–H and O–H groups in total. The van der Waals surface area contributed by atoms with Crippen molar-refractivity contribution < 1.29 is 13.9 Å². The minimum absolute atomic E-state index is 0.194. The number of benzene rings is 1. The molecule has 2 atom stereocenters. The Morgan fingerprint density at radius 2 is 2.03 bits per heavy atom. The highest BCUT2D eigenvalue weighted by molar-refractivity contribution is 9.10. The van der Waals surface area contributed by atoms with Crippen molar-refractivity contribution >= 4 is 39.2 Å². The summed E-state index contributed by atoms with van der Waals surface area (Å²) in [6, 6.07) is 17.2. The van der Waals surface area contributed by atoms with Crippen LogP contribution >= 0.6 is 28.1 Å². The van der Waals surface area contributed by atoms with Gasteiger partial charge in [-0.2, -0.15) is 0 Å². The average Bonchev–Trinajstić information content (AvgIpc) is 3.37. The van der Waals surface area contributed by atoms with Crippen LogP contribution in [0.25, 0.3) is 11.3 Å². The quantitative estimate of drug-likeness (QED) is 0.402. The first-order valence-corrected chi connectivity index (χ1v) is 10.7. The van der Waals surface area contributed by atoms with Crippen LogP contribution in [-0.2, 0) is 9.53 Å². The summed E-state index contributed by atoms with van der Waals surface area (Å²) < 4.78 is 12.1. The van der Waals surface area contributed by atoms with E-state index in [1.54, 1.807) is 6.20 Å². The number of carbonyl (C=O) groups is 1. The maximum atomic E-state index is 11.7. The molecule has 1 saturated heterocycles. The lowest BCUT2D eigenvalue weighted by Crippen LogP contribution is -2.31. The van der Waals surface area contributed by atoms with Crippen LogP contribution in [0.4, 0.5) is 0 Å². The molecule has 154 valence electrons. The third-order valence-corrected chi connectivity index (χ3v) is 5.91. The standard InChI is InChI=1S/C22H20BrN3O3S/c1-28-19(27)11-13-26-21(20(25-22(26)30)16-4-2-3-12-24-16)18-10-9-17(29-18)14-5-7-15(23)8-6-14/h2-10,12,20-21H,11,13H2,1H3,(H,25,30)/t20-,21-/m1/s1. The SMILES string of the molecule is COC(=O)CCN1C(=S)N[C@H](c2ccccn2)[C@H]1c1ccc(-c2ccc(Br)cc2)o1. The molecule has 30 heavy (non-hydrogen) atoms. The minimum Gasteiger partial charge on any atom is -0.469 e. The van der Waals surface area contributed by atoms with Crippen molar-refractivity contribution in [3.05, 3.63) is 76.7 Å². The Kier molecular flexibility index (Phi) is 6.15. The maximum absolute atomic E-state index is 11.7. The first-order chi connectivity index (χ1) is 14.6. The normalized spacial score (nSPS) is 18.3. The van der Waals surface area contributed by atoms with Gasteiger partial charge in [-0.1, -0.05) is 34.1 Å². The fourth-order valence-electron chi connectivity index (χ4n) is 3.55. The minimum atomic E-state index is -0.284. The monoisotopic (exact) mass is 485 g/mol. The van der Waals surface area contributed by atoms with Crippen molar-refractivity contribution in [2.24, 2.45) is 0 Å². The molecule has 1 aliphatic heterocycles. The molecule has 0 saturated carbocycles. The molecule has 3 aromatic rings. The first-order valence-electron chi connectivity index (χ1n) is 9.47. The molecular formula is C22H20BrN3O3S. The summed E-state index contributed by atoms with van der Waals surface area (Å²) in [5, 5.41) is 3.90. The molecule has 8 heteroatoms. The zero-order valence-corrected chi connectivity index (χ0v) is 18.7. The van der Waals surface area contributed by atoms with Gasteiger partial charge in [-0.05, 0) is 48.6 Å². The van der Waals surface area contributed by atoms with E-state index < -0.39 is 0 Å². The summed E-state index contributed by atoms with van der Waals surface area (Å²) in [5.41, 5.74) is 1.83. The highest BCUT2D eigenvalue weighted by Crippen LogP contribution is 2.40. The largest absolute Gasteiger partial charge is 0.469 e. The number of halogens is 1. The number of nitrogens with one attached hydrogen (secondary N) is 1. The van der Waals surface area contributed by atoms with Gasteiger partial charge in [0, 0.05) is 22.8 Å². The Labute approximate surface area is 188 Å². The Morgan fingerprint density at radius 3 is 2.73 bits per heavy atom. The van der Waals surface area contributed by atoms with Crippen LogP contribution in [0.5, 0.6) is 0 Å². The van der Waals surface area contributed by atoms with E-state index in [1.807, 2.05) is 59.5 Å². The fourth-order valence-corrected chi connectivity index (χ4v) is 4.15. The lowest BCUT2D eigenvalue weighted by Gasteiger charge is -2.25. The van der Waals surface area contributed by atoms with Gasteiger partial charge in [0.15, 0.2) is 5.11 Å². The number of aromatic nitrogens is 1. The molecule has 0 spiro atoms. The molecule has 1 fully saturated rings. The van der Waals surface area contributed by atoms with Crippen LogP contribution in [0.3, 0.4) is 0 Å².